The van der Waals surface area contributed by atoms with Crippen molar-refractivity contribution >= 4 is 38.2 Å². The molecule has 0 aliphatic heterocycles. The molecule has 0 spiro atoms. The molecule has 0 radical (unpaired) electrons. The highest BCUT2D eigenvalue weighted by Crippen LogP contribution is 2.36. The molecule has 230 valence electrons. The van der Waals surface area contributed by atoms with Crippen molar-refractivity contribution in [3.8, 4) is 0 Å². The van der Waals surface area contributed by atoms with Crippen LogP contribution in [-0.2, 0) is 34.5 Å². The number of carbonyl (C=O) groups is 1. The maximum Gasteiger partial charge on any atom is 0.416 e. The minimum absolute atomic E-state index is 0.0389. The highest BCUT2D eigenvalue weighted by atomic mass is 35.5. The maximum atomic E-state index is 13.8. The van der Waals surface area contributed by atoms with E-state index in [2.05, 4.69) is 5.32 Å². The van der Waals surface area contributed by atoms with Gasteiger partial charge in [0.1, 0.15) is 6.67 Å². The number of aliphatic hydroxyl groups is 1. The van der Waals surface area contributed by atoms with Gasteiger partial charge in [-0.3, -0.25) is 4.79 Å². The number of benzene rings is 3. The van der Waals surface area contributed by atoms with E-state index in [0.29, 0.717) is 22.2 Å². The predicted molar refractivity (Wildman–Crippen MR) is 158 cm³/mol. The van der Waals surface area contributed by atoms with E-state index < -0.39 is 63.8 Å². The fraction of sp³-hybridized carbons (Fsp3) is 0.323. The summed E-state index contributed by atoms with van der Waals surface area (Å²) in [5, 5.41) is 13.0. The van der Waals surface area contributed by atoms with E-state index in [9.17, 15) is 35.9 Å². The molecule has 0 saturated carbocycles. The van der Waals surface area contributed by atoms with Crippen molar-refractivity contribution < 1.29 is 42.7 Å². The first-order valence-corrected chi connectivity index (χ1v) is 14.8. The van der Waals surface area contributed by atoms with Crippen LogP contribution in [0, 0.1) is 0 Å². The molecule has 0 saturated heterocycles. The Kier molecular flexibility index (Phi) is 7.67. The number of hydrogen-bond donors (Lipinski definition) is 2. The Morgan fingerprint density at radius 1 is 1.09 bits per heavy atom. The fourth-order valence-corrected chi connectivity index (χ4v) is 5.80. The summed E-state index contributed by atoms with van der Waals surface area (Å²) in [7, 11) is -4.95. The number of carbonyl (C=O) groups excluding carboxylic acids is 1. The van der Waals surface area contributed by atoms with Crippen LogP contribution in [0.25, 0.3) is 10.9 Å². The van der Waals surface area contributed by atoms with E-state index in [1.54, 1.807) is 13.0 Å². The van der Waals surface area contributed by atoms with E-state index in [4.69, 9.17) is 18.5 Å². The smallest absolute Gasteiger partial charge is 0.396 e. The van der Waals surface area contributed by atoms with Crippen molar-refractivity contribution in [2.75, 3.05) is 19.0 Å². The number of fused-ring (bicyclic) bond motifs is 1. The second-order valence-corrected chi connectivity index (χ2v) is 12.2. The molecular formula is C31H31ClF4N2O4S. The molecule has 0 aliphatic rings. The number of halogens is 5. The van der Waals surface area contributed by atoms with Crippen LogP contribution in [0.5, 0.6) is 0 Å². The highest BCUT2D eigenvalue weighted by Gasteiger charge is 2.34. The molecule has 43 heavy (non-hydrogen) atoms. The fourth-order valence-electron chi connectivity index (χ4n) is 5.01. The van der Waals surface area contributed by atoms with Crippen molar-refractivity contribution in [1.82, 2.24) is 9.88 Å². The van der Waals surface area contributed by atoms with Crippen molar-refractivity contribution in [2.45, 2.75) is 49.8 Å². The second kappa shape index (κ2) is 12.7. The average molecular weight is 644 g/mol. The monoisotopic (exact) mass is 643 g/mol. The summed E-state index contributed by atoms with van der Waals surface area (Å²) in [5.74, 6) is -0.625. The summed E-state index contributed by atoms with van der Waals surface area (Å²) in [6.07, 6.45) is -4.91. The minimum Gasteiger partial charge on any atom is -0.396 e. The van der Waals surface area contributed by atoms with Gasteiger partial charge in [0.2, 0.25) is 0 Å². The van der Waals surface area contributed by atoms with Crippen LogP contribution in [-0.4, -0.2) is 43.0 Å². The molecule has 1 unspecified atom stereocenters. The number of alkyl halides is 4. The molecule has 3 aromatic carbocycles. The summed E-state index contributed by atoms with van der Waals surface area (Å²) in [6, 6.07) is 14.0. The van der Waals surface area contributed by atoms with Gasteiger partial charge in [-0.05, 0) is 73.0 Å². The van der Waals surface area contributed by atoms with Crippen molar-refractivity contribution in [3.05, 3.63) is 99.7 Å². The van der Waals surface area contributed by atoms with E-state index >= 15 is 0 Å². The highest BCUT2D eigenvalue weighted by molar-refractivity contribution is 7.91. The van der Waals surface area contributed by atoms with E-state index in [-0.39, 0.29) is 35.5 Å². The zero-order valence-electron chi connectivity index (χ0n) is 27.8. The minimum atomic E-state index is -4.95. The van der Waals surface area contributed by atoms with Gasteiger partial charge in [-0.2, -0.15) is 13.2 Å². The Bertz CT molecular complexity index is 1930. The Balaban J connectivity index is 1.66. The summed E-state index contributed by atoms with van der Waals surface area (Å²) >= 11 is 5.82. The third-order valence-corrected chi connectivity index (χ3v) is 8.64. The molecule has 1 aromatic heterocycles. The number of nitrogens with one attached hydrogen (secondary N) is 1. The topological polar surface area (TPSA) is 88.4 Å². The molecule has 12 heteroatoms. The number of aromatic nitrogens is 1. The quantitative estimate of drug-likeness (QED) is 0.178. The third kappa shape index (κ3) is 7.05. The normalized spacial score (nSPS) is 16.0. The van der Waals surface area contributed by atoms with Crippen molar-refractivity contribution in [2.24, 2.45) is 0 Å². The first-order chi connectivity index (χ1) is 22.2. The van der Waals surface area contributed by atoms with Gasteiger partial charge < -0.3 is 15.0 Å². The molecule has 1 amide bonds. The molecule has 2 N–H and O–H groups in total. The summed E-state index contributed by atoms with van der Waals surface area (Å²) in [6.45, 7) is -3.25. The van der Waals surface area contributed by atoms with Gasteiger partial charge in [0.25, 0.3) is 5.91 Å². The molecule has 4 aromatic rings. The Labute approximate surface area is 259 Å². The number of hydrogen-bond acceptors (Lipinski definition) is 4. The lowest BCUT2D eigenvalue weighted by molar-refractivity contribution is -0.138. The van der Waals surface area contributed by atoms with Gasteiger partial charge in [0.05, 0.1) is 28.2 Å². The van der Waals surface area contributed by atoms with Crippen LogP contribution in [0.3, 0.4) is 0 Å². The molecule has 0 bridgehead atoms. The Morgan fingerprint density at radius 3 is 2.44 bits per heavy atom. The number of nitrogens with zero attached hydrogens (tertiary/aromatic N) is 1. The maximum absolute atomic E-state index is 13.8. The van der Waals surface area contributed by atoms with Crippen LogP contribution in [0.2, 0.25) is 5.02 Å². The van der Waals surface area contributed by atoms with Crippen LogP contribution in [0.1, 0.15) is 59.8 Å². The summed E-state index contributed by atoms with van der Waals surface area (Å²) in [5.41, 5.74) is -4.55. The molecule has 1 heterocycles. The predicted octanol–water partition coefficient (Wildman–Crippen LogP) is 6.70. The lowest BCUT2D eigenvalue weighted by Gasteiger charge is -2.31. The molecule has 0 aliphatic carbocycles. The largest absolute Gasteiger partial charge is 0.416 e. The molecular weight excluding hydrogens is 608 g/mol. The molecule has 6 nitrogen and oxygen atoms in total. The summed E-state index contributed by atoms with van der Waals surface area (Å²) in [4.78, 5) is 12.9. The van der Waals surface area contributed by atoms with Gasteiger partial charge in [0.15, 0.2) is 9.84 Å². The van der Waals surface area contributed by atoms with E-state index in [0.717, 1.165) is 18.2 Å². The van der Waals surface area contributed by atoms with Gasteiger partial charge in [-0.1, -0.05) is 36.7 Å². The first kappa shape index (κ1) is 26.0. The van der Waals surface area contributed by atoms with E-state index in [1.165, 1.54) is 47.0 Å². The number of sulfone groups is 1. The Morgan fingerprint density at radius 2 is 1.81 bits per heavy atom. The third-order valence-electron chi connectivity index (χ3n) is 7.24. The van der Waals surface area contributed by atoms with E-state index in [1.807, 2.05) is 0 Å². The summed E-state index contributed by atoms with van der Waals surface area (Å²) < 4.78 is 119. The lowest BCUT2D eigenvalue weighted by Crippen LogP contribution is -2.44. The van der Waals surface area contributed by atoms with Crippen LogP contribution in [0.15, 0.2) is 71.6 Å². The van der Waals surface area contributed by atoms with Gasteiger partial charge in [-0.15, -0.1) is 0 Å². The first-order valence-electron chi connectivity index (χ1n) is 15.5. The van der Waals surface area contributed by atoms with Crippen molar-refractivity contribution in [3.63, 3.8) is 0 Å². The number of amides is 1. The zero-order chi connectivity index (χ0) is 35.9. The number of rotatable bonds is 11. The molecule has 0 fully saturated rings. The number of aryl methyl sites for hydroxylation is 1. The van der Waals surface area contributed by atoms with Gasteiger partial charge in [0, 0.05) is 47.1 Å². The second-order valence-electron chi connectivity index (χ2n) is 10.1. The van der Waals surface area contributed by atoms with Crippen LogP contribution in [0.4, 0.5) is 17.6 Å². The molecule has 4 rings (SSSR count). The molecule has 1 atom stereocenters. The standard InChI is InChI=1S/C31H31ClF4N2O4S/c1-3-43(41,42)26-9-6-23(7-10-26)30(2,12-15-39)37-29(40)21-5-11-28-22(16-21)18-25(38(28)14-13-33)17-20-4-8-24(32)19-27(20)31(34,35)36/h4-11,16,18-19,39H,3,12-15,17H2,1-2H3,(H,37,40)/i1D3,3D2. The van der Waals surface area contributed by atoms with Crippen molar-refractivity contribution in [1.29, 1.82) is 0 Å². The Hall–Kier alpha value is -3.41. The number of aliphatic hydroxyl groups excluding tert-OH is 1. The van der Waals surface area contributed by atoms with Gasteiger partial charge in [-0.25, -0.2) is 12.8 Å². The van der Waals surface area contributed by atoms with Crippen LogP contribution < -0.4 is 5.32 Å². The van der Waals surface area contributed by atoms with Crippen LogP contribution >= 0.6 is 11.6 Å². The van der Waals surface area contributed by atoms with Gasteiger partial charge >= 0.3 is 6.18 Å². The lowest BCUT2D eigenvalue weighted by atomic mass is 9.88. The zero-order valence-corrected chi connectivity index (χ0v) is 24.4. The average Bonchev–Trinajstić information content (AvgIpc) is 3.33. The SMILES string of the molecule is [2H]C([2H])([2H])C([2H])([2H])S(=O)(=O)c1ccc(C(C)(CCO)NC(=O)c2ccc3c(c2)cc(Cc2ccc(Cl)cc2C(F)(F)F)n3CCF)cc1.